The van der Waals surface area contributed by atoms with Crippen molar-refractivity contribution < 1.29 is 19.5 Å². The fraction of sp³-hybridized carbons (Fsp3) is 0.812. The molecule has 21 heavy (non-hydrogen) atoms. The lowest BCUT2D eigenvalue weighted by atomic mass is 9.70. The van der Waals surface area contributed by atoms with Crippen molar-refractivity contribution in [2.45, 2.75) is 65.8 Å². The van der Waals surface area contributed by atoms with Crippen molar-refractivity contribution in [2.75, 3.05) is 0 Å². The fourth-order valence-electron chi connectivity index (χ4n) is 3.61. The number of carboxylic acids is 1. The van der Waals surface area contributed by atoms with Gasteiger partial charge in [-0.1, -0.05) is 26.7 Å². The van der Waals surface area contributed by atoms with Crippen LogP contribution in [0.3, 0.4) is 0 Å². The fourth-order valence-corrected chi connectivity index (χ4v) is 3.61. The van der Waals surface area contributed by atoms with Crippen LogP contribution in [0, 0.1) is 16.7 Å². The summed E-state index contributed by atoms with van der Waals surface area (Å²) in [6, 6.07) is -0.510. The number of nitrogens with zero attached hydrogens (tertiary/aromatic N) is 1. The number of hydrogen-bond acceptors (Lipinski definition) is 3. The largest absolute Gasteiger partial charge is 0.481 e. The van der Waals surface area contributed by atoms with E-state index in [9.17, 15) is 19.5 Å². The molecule has 1 aliphatic heterocycles. The first-order chi connectivity index (χ1) is 9.64. The summed E-state index contributed by atoms with van der Waals surface area (Å²) in [5.41, 5.74) is -1.72. The molecule has 2 aliphatic rings. The molecule has 1 heterocycles. The number of carboxylic acid groups (broad SMARTS) is 1. The van der Waals surface area contributed by atoms with E-state index in [0.29, 0.717) is 12.8 Å². The Morgan fingerprint density at radius 2 is 1.90 bits per heavy atom. The zero-order valence-electron chi connectivity index (χ0n) is 13.3. The van der Waals surface area contributed by atoms with Crippen LogP contribution in [0.4, 0.5) is 0 Å². The minimum absolute atomic E-state index is 0.0543. The van der Waals surface area contributed by atoms with Crippen LogP contribution in [0.2, 0.25) is 0 Å². The zero-order chi connectivity index (χ0) is 16.0. The van der Waals surface area contributed by atoms with E-state index >= 15 is 0 Å². The van der Waals surface area contributed by atoms with Gasteiger partial charge < -0.3 is 5.11 Å². The third-order valence-corrected chi connectivity index (χ3v) is 5.73. The number of imide groups is 1. The van der Waals surface area contributed by atoms with Gasteiger partial charge in [0.15, 0.2) is 0 Å². The molecule has 3 unspecified atom stereocenters. The Morgan fingerprint density at radius 3 is 2.38 bits per heavy atom. The molecule has 0 spiro atoms. The predicted molar refractivity (Wildman–Crippen MR) is 77.4 cm³/mol. The second-order valence-electron chi connectivity index (χ2n) is 7.30. The lowest BCUT2D eigenvalue weighted by molar-refractivity contribution is -0.161. The van der Waals surface area contributed by atoms with Crippen molar-refractivity contribution in [1.82, 2.24) is 4.90 Å². The minimum atomic E-state index is -1.02. The normalized spacial score (nSPS) is 37.4. The van der Waals surface area contributed by atoms with Crippen LogP contribution in [-0.2, 0) is 14.4 Å². The van der Waals surface area contributed by atoms with Crippen LogP contribution in [0.1, 0.15) is 59.8 Å². The Hall–Kier alpha value is -1.39. The van der Waals surface area contributed by atoms with Gasteiger partial charge in [0.05, 0.1) is 16.9 Å². The highest BCUT2D eigenvalue weighted by Gasteiger charge is 2.57. The second kappa shape index (κ2) is 5.11. The van der Waals surface area contributed by atoms with Crippen molar-refractivity contribution in [2.24, 2.45) is 16.7 Å². The first-order valence-electron chi connectivity index (χ1n) is 7.74. The second-order valence-corrected chi connectivity index (χ2v) is 7.30. The Labute approximate surface area is 125 Å². The molecule has 0 aromatic carbocycles. The lowest BCUT2D eigenvalue weighted by Crippen LogP contribution is -2.55. The van der Waals surface area contributed by atoms with Gasteiger partial charge in [0.2, 0.25) is 11.8 Å². The van der Waals surface area contributed by atoms with E-state index in [0.717, 1.165) is 12.8 Å². The maximum atomic E-state index is 12.8. The molecule has 2 amide bonds. The maximum absolute atomic E-state index is 12.8. The van der Waals surface area contributed by atoms with E-state index in [1.54, 1.807) is 6.92 Å². The van der Waals surface area contributed by atoms with Crippen LogP contribution < -0.4 is 0 Å². The van der Waals surface area contributed by atoms with Crippen LogP contribution >= 0.6 is 0 Å². The molecule has 0 aromatic heterocycles. The molecule has 1 saturated heterocycles. The number of carbonyl (C=O) groups excluding carboxylic acids is 2. The van der Waals surface area contributed by atoms with Crippen molar-refractivity contribution in [3.63, 3.8) is 0 Å². The molecule has 5 heteroatoms. The monoisotopic (exact) mass is 295 g/mol. The number of aliphatic carboxylic acids is 1. The summed E-state index contributed by atoms with van der Waals surface area (Å²) < 4.78 is 0. The number of amides is 2. The number of likely N-dealkylation sites (tertiary alicyclic amines) is 1. The average molecular weight is 295 g/mol. The summed E-state index contributed by atoms with van der Waals surface area (Å²) >= 11 is 0. The Kier molecular flexibility index (Phi) is 3.89. The summed E-state index contributed by atoms with van der Waals surface area (Å²) in [5, 5.41) is 9.59. The quantitative estimate of drug-likeness (QED) is 0.811. The van der Waals surface area contributed by atoms with Crippen molar-refractivity contribution in [3.05, 3.63) is 0 Å². The van der Waals surface area contributed by atoms with Gasteiger partial charge in [0.1, 0.15) is 0 Å². The van der Waals surface area contributed by atoms with Crippen molar-refractivity contribution in [1.29, 1.82) is 0 Å². The summed E-state index contributed by atoms with van der Waals surface area (Å²) in [6.07, 6.45) is 2.99. The molecule has 1 saturated carbocycles. The van der Waals surface area contributed by atoms with Gasteiger partial charge in [-0.25, -0.2) is 0 Å². The number of hydrogen-bond donors (Lipinski definition) is 1. The van der Waals surface area contributed by atoms with E-state index < -0.39 is 22.8 Å². The van der Waals surface area contributed by atoms with Gasteiger partial charge in [-0.15, -0.1) is 0 Å². The molecule has 0 bridgehead atoms. The average Bonchev–Trinajstić information content (AvgIpc) is 2.62. The van der Waals surface area contributed by atoms with E-state index in [1.165, 1.54) is 4.90 Å². The van der Waals surface area contributed by atoms with E-state index in [1.807, 2.05) is 20.8 Å². The Morgan fingerprint density at radius 1 is 1.29 bits per heavy atom. The number of carbonyl (C=O) groups is 3. The van der Waals surface area contributed by atoms with E-state index in [2.05, 4.69) is 0 Å². The summed E-state index contributed by atoms with van der Waals surface area (Å²) in [5.74, 6) is -1.26. The van der Waals surface area contributed by atoms with Gasteiger partial charge in [0.25, 0.3) is 0 Å². The third kappa shape index (κ3) is 2.27. The van der Waals surface area contributed by atoms with Gasteiger partial charge in [-0.3, -0.25) is 19.3 Å². The molecular formula is C16H25NO4. The molecular weight excluding hydrogens is 270 g/mol. The van der Waals surface area contributed by atoms with Gasteiger partial charge in [-0.2, -0.15) is 0 Å². The smallest absolute Gasteiger partial charge is 0.311 e. The van der Waals surface area contributed by atoms with Crippen LogP contribution in [0.5, 0.6) is 0 Å². The SMILES string of the molecule is CC(C)C1(C)CC(=O)N(C2CCCCC2(C)C(=O)O)C1=O. The first kappa shape index (κ1) is 16.0. The molecule has 1 N–H and O–H groups in total. The summed E-state index contributed by atoms with van der Waals surface area (Å²) in [6.45, 7) is 7.36. The molecule has 0 radical (unpaired) electrons. The van der Waals surface area contributed by atoms with E-state index in [4.69, 9.17) is 0 Å². The molecule has 2 rings (SSSR count). The summed E-state index contributed by atoms with van der Waals surface area (Å²) in [4.78, 5) is 38.2. The zero-order valence-corrected chi connectivity index (χ0v) is 13.3. The van der Waals surface area contributed by atoms with Gasteiger partial charge >= 0.3 is 5.97 Å². The van der Waals surface area contributed by atoms with Crippen LogP contribution in [0.15, 0.2) is 0 Å². The van der Waals surface area contributed by atoms with Crippen LogP contribution in [-0.4, -0.2) is 33.8 Å². The molecule has 5 nitrogen and oxygen atoms in total. The molecule has 3 atom stereocenters. The van der Waals surface area contributed by atoms with Crippen LogP contribution in [0.25, 0.3) is 0 Å². The third-order valence-electron chi connectivity index (χ3n) is 5.73. The molecule has 0 aromatic rings. The highest BCUT2D eigenvalue weighted by molar-refractivity contribution is 6.06. The van der Waals surface area contributed by atoms with Gasteiger partial charge in [-0.05, 0) is 32.6 Å². The van der Waals surface area contributed by atoms with Gasteiger partial charge in [0, 0.05) is 6.42 Å². The highest BCUT2D eigenvalue weighted by atomic mass is 16.4. The molecule has 2 fully saturated rings. The van der Waals surface area contributed by atoms with Crippen molar-refractivity contribution >= 4 is 17.8 Å². The lowest BCUT2D eigenvalue weighted by Gasteiger charge is -2.42. The van der Waals surface area contributed by atoms with Crippen molar-refractivity contribution in [3.8, 4) is 0 Å². The first-order valence-corrected chi connectivity index (χ1v) is 7.74. The minimum Gasteiger partial charge on any atom is -0.481 e. The molecule has 118 valence electrons. The highest BCUT2D eigenvalue weighted by Crippen LogP contribution is 2.46. The predicted octanol–water partition coefficient (Wildman–Crippen LogP) is 2.44. The maximum Gasteiger partial charge on any atom is 0.311 e. The van der Waals surface area contributed by atoms with E-state index in [-0.39, 0.29) is 24.2 Å². The Bertz CT molecular complexity index is 487. The number of rotatable bonds is 3. The summed E-state index contributed by atoms with van der Waals surface area (Å²) in [7, 11) is 0. The topological polar surface area (TPSA) is 74.7 Å². The Balaban J connectivity index is 2.38. The standard InChI is InChI=1S/C16H25NO4/c1-10(2)16(4)9-12(18)17(13(16)19)11-7-5-6-8-15(11,3)14(20)21/h10-11H,5-9H2,1-4H3,(H,20,21). The molecule has 1 aliphatic carbocycles.